The highest BCUT2D eigenvalue weighted by molar-refractivity contribution is 5.86. The maximum Gasteiger partial charge on any atom is 0.358 e. The zero-order chi connectivity index (χ0) is 11.1. The van der Waals surface area contributed by atoms with E-state index in [4.69, 9.17) is 4.74 Å². The van der Waals surface area contributed by atoms with E-state index in [1.54, 1.807) is 17.7 Å². The topological polar surface area (TPSA) is 73.2 Å². The van der Waals surface area contributed by atoms with Crippen molar-refractivity contribution in [3.05, 3.63) is 18.2 Å². The molecule has 0 atom stereocenters. The molecule has 1 aromatic rings. The van der Waals surface area contributed by atoms with E-state index in [1.807, 2.05) is 0 Å². The second kappa shape index (κ2) is 5.79. The Balaban J connectivity index is 2.48. The quantitative estimate of drug-likeness (QED) is 0.402. The van der Waals surface area contributed by atoms with Crippen LogP contribution in [0.3, 0.4) is 0 Å². The maximum absolute atomic E-state index is 11.2. The molecule has 0 aliphatic rings. The summed E-state index contributed by atoms with van der Waals surface area (Å²) in [4.78, 5) is 25.1. The van der Waals surface area contributed by atoms with Crippen LogP contribution in [0.25, 0.3) is 0 Å². The van der Waals surface area contributed by atoms with Crippen LogP contribution < -0.4 is 5.32 Å². The Bertz CT molecular complexity index is 335. The summed E-state index contributed by atoms with van der Waals surface area (Å²) in [5.74, 6) is -0.431. The van der Waals surface area contributed by atoms with Crippen LogP contribution in [0.2, 0.25) is 0 Å². The molecule has 0 saturated carbocycles. The first-order valence-electron chi connectivity index (χ1n) is 4.64. The van der Waals surface area contributed by atoms with Gasteiger partial charge in [0.05, 0.1) is 12.9 Å². The van der Waals surface area contributed by atoms with Crippen molar-refractivity contribution >= 4 is 12.4 Å². The molecular weight excluding hydrogens is 198 g/mol. The Labute approximate surface area is 87.2 Å². The number of carbonyl (C=O) groups excluding carboxylic acids is 2. The Hall–Kier alpha value is -1.85. The summed E-state index contributed by atoms with van der Waals surface area (Å²) in [6.07, 6.45) is 3.74. The number of nitrogens with zero attached hydrogens (tertiary/aromatic N) is 2. The fourth-order valence-corrected chi connectivity index (χ4v) is 1.05. The zero-order valence-electron chi connectivity index (χ0n) is 8.47. The van der Waals surface area contributed by atoms with Crippen LogP contribution in [0.5, 0.6) is 0 Å². The highest BCUT2D eigenvalue weighted by Gasteiger charge is 2.09. The number of amides is 1. The SMILES string of the molecule is CCOC(=O)c1cn(CCNC=O)cn1. The third-order valence-corrected chi connectivity index (χ3v) is 1.72. The summed E-state index contributed by atoms with van der Waals surface area (Å²) in [5.41, 5.74) is 0.281. The third-order valence-electron chi connectivity index (χ3n) is 1.72. The molecule has 1 rings (SSSR count). The lowest BCUT2D eigenvalue weighted by molar-refractivity contribution is -0.109. The maximum atomic E-state index is 11.2. The van der Waals surface area contributed by atoms with Crippen LogP contribution in [-0.2, 0) is 16.1 Å². The van der Waals surface area contributed by atoms with Gasteiger partial charge in [0, 0.05) is 19.3 Å². The molecule has 6 heteroatoms. The molecule has 0 unspecified atom stereocenters. The average molecular weight is 211 g/mol. The van der Waals surface area contributed by atoms with Crippen molar-refractivity contribution in [2.24, 2.45) is 0 Å². The lowest BCUT2D eigenvalue weighted by atomic mass is 10.5. The lowest BCUT2D eigenvalue weighted by Gasteiger charge is -1.99. The van der Waals surface area contributed by atoms with Gasteiger partial charge in [-0.1, -0.05) is 0 Å². The van der Waals surface area contributed by atoms with Gasteiger partial charge in [0.1, 0.15) is 0 Å². The van der Waals surface area contributed by atoms with Gasteiger partial charge >= 0.3 is 5.97 Å². The van der Waals surface area contributed by atoms with Gasteiger partial charge in [0.2, 0.25) is 6.41 Å². The van der Waals surface area contributed by atoms with Crippen molar-refractivity contribution in [1.82, 2.24) is 14.9 Å². The van der Waals surface area contributed by atoms with Gasteiger partial charge in [-0.2, -0.15) is 0 Å². The first-order chi connectivity index (χ1) is 7.27. The molecule has 0 radical (unpaired) electrons. The van der Waals surface area contributed by atoms with E-state index in [2.05, 4.69) is 10.3 Å². The van der Waals surface area contributed by atoms with Gasteiger partial charge in [-0.05, 0) is 6.92 Å². The van der Waals surface area contributed by atoms with Gasteiger partial charge in [0.25, 0.3) is 0 Å². The van der Waals surface area contributed by atoms with E-state index in [-0.39, 0.29) is 5.69 Å². The predicted molar refractivity (Wildman–Crippen MR) is 52.3 cm³/mol. The molecule has 0 aromatic carbocycles. The third kappa shape index (κ3) is 3.41. The summed E-state index contributed by atoms with van der Waals surface area (Å²) >= 11 is 0. The van der Waals surface area contributed by atoms with Crippen LogP contribution in [0.1, 0.15) is 17.4 Å². The molecule has 0 saturated heterocycles. The molecule has 82 valence electrons. The van der Waals surface area contributed by atoms with Crippen molar-refractivity contribution < 1.29 is 14.3 Å². The predicted octanol–water partition coefficient (Wildman–Crippen LogP) is -0.194. The first kappa shape index (κ1) is 11.2. The van der Waals surface area contributed by atoms with Crippen molar-refractivity contribution in [3.8, 4) is 0 Å². The molecule has 0 aliphatic heterocycles. The highest BCUT2D eigenvalue weighted by atomic mass is 16.5. The minimum absolute atomic E-state index is 0.281. The van der Waals surface area contributed by atoms with Gasteiger partial charge in [-0.3, -0.25) is 4.79 Å². The second-order valence-electron chi connectivity index (χ2n) is 2.79. The molecule has 0 fully saturated rings. The van der Waals surface area contributed by atoms with Crippen LogP contribution in [0, 0.1) is 0 Å². The summed E-state index contributed by atoms with van der Waals surface area (Å²) < 4.78 is 6.49. The number of hydrogen-bond acceptors (Lipinski definition) is 4. The monoisotopic (exact) mass is 211 g/mol. The molecule has 1 N–H and O–H groups in total. The highest BCUT2D eigenvalue weighted by Crippen LogP contribution is 1.98. The van der Waals surface area contributed by atoms with Crippen LogP contribution in [0.4, 0.5) is 0 Å². The van der Waals surface area contributed by atoms with Crippen LogP contribution in [-0.4, -0.2) is 35.1 Å². The molecule has 15 heavy (non-hydrogen) atoms. The van der Waals surface area contributed by atoms with Crippen molar-refractivity contribution in [2.75, 3.05) is 13.2 Å². The largest absolute Gasteiger partial charge is 0.461 e. The fourth-order valence-electron chi connectivity index (χ4n) is 1.05. The zero-order valence-corrected chi connectivity index (χ0v) is 8.47. The molecule has 0 spiro atoms. The molecule has 0 bridgehead atoms. The number of carbonyl (C=O) groups is 2. The molecule has 0 aliphatic carbocycles. The summed E-state index contributed by atoms with van der Waals surface area (Å²) in [6, 6.07) is 0. The number of imidazole rings is 1. The summed E-state index contributed by atoms with van der Waals surface area (Å²) in [5, 5.41) is 2.52. The van der Waals surface area contributed by atoms with Crippen LogP contribution >= 0.6 is 0 Å². The van der Waals surface area contributed by atoms with E-state index in [0.29, 0.717) is 26.1 Å². The van der Waals surface area contributed by atoms with E-state index in [1.165, 1.54) is 6.33 Å². The number of ether oxygens (including phenoxy) is 1. The smallest absolute Gasteiger partial charge is 0.358 e. The Morgan fingerprint density at radius 1 is 1.73 bits per heavy atom. The number of hydrogen-bond donors (Lipinski definition) is 1. The fraction of sp³-hybridized carbons (Fsp3) is 0.444. The van der Waals surface area contributed by atoms with E-state index >= 15 is 0 Å². The average Bonchev–Trinajstić information content (AvgIpc) is 2.67. The lowest BCUT2D eigenvalue weighted by Crippen LogP contribution is -2.17. The van der Waals surface area contributed by atoms with Gasteiger partial charge in [0.15, 0.2) is 5.69 Å². The summed E-state index contributed by atoms with van der Waals surface area (Å²) in [6.45, 7) is 3.15. The number of esters is 1. The Morgan fingerprint density at radius 3 is 3.20 bits per heavy atom. The van der Waals surface area contributed by atoms with Crippen LogP contribution in [0.15, 0.2) is 12.5 Å². The van der Waals surface area contributed by atoms with Crippen molar-refractivity contribution in [1.29, 1.82) is 0 Å². The Morgan fingerprint density at radius 2 is 2.53 bits per heavy atom. The normalized spacial score (nSPS) is 9.67. The number of rotatable bonds is 6. The van der Waals surface area contributed by atoms with Crippen molar-refractivity contribution in [2.45, 2.75) is 13.5 Å². The second-order valence-corrected chi connectivity index (χ2v) is 2.79. The summed E-state index contributed by atoms with van der Waals surface area (Å²) in [7, 11) is 0. The minimum Gasteiger partial charge on any atom is -0.461 e. The van der Waals surface area contributed by atoms with Gasteiger partial charge in [-0.15, -0.1) is 0 Å². The standard InChI is InChI=1S/C9H13N3O3/c1-2-15-9(14)8-5-12(6-11-8)4-3-10-7-13/h5-7H,2-4H2,1H3,(H,10,13). The first-order valence-corrected chi connectivity index (χ1v) is 4.64. The molecular formula is C9H13N3O3. The van der Waals surface area contributed by atoms with E-state index in [0.717, 1.165) is 0 Å². The van der Waals surface area contributed by atoms with E-state index < -0.39 is 5.97 Å². The molecule has 1 amide bonds. The molecule has 1 aromatic heterocycles. The minimum atomic E-state index is -0.431. The van der Waals surface area contributed by atoms with Gasteiger partial charge in [-0.25, -0.2) is 9.78 Å². The van der Waals surface area contributed by atoms with Crippen molar-refractivity contribution in [3.63, 3.8) is 0 Å². The molecule has 1 heterocycles. The van der Waals surface area contributed by atoms with E-state index in [9.17, 15) is 9.59 Å². The molecule has 6 nitrogen and oxygen atoms in total. The number of nitrogens with one attached hydrogen (secondary N) is 1. The Kier molecular flexibility index (Phi) is 4.33. The van der Waals surface area contributed by atoms with Gasteiger partial charge < -0.3 is 14.6 Å². The number of aromatic nitrogens is 2.